The minimum Gasteiger partial charge on any atom is -0.383 e. The zero-order chi connectivity index (χ0) is 31.2. The summed E-state index contributed by atoms with van der Waals surface area (Å²) < 4.78 is 42.4. The van der Waals surface area contributed by atoms with E-state index in [2.05, 4.69) is 38.1 Å². The average Bonchev–Trinajstić information content (AvgIpc) is 3.65. The molecule has 1 atom stereocenters. The van der Waals surface area contributed by atoms with E-state index in [-0.39, 0.29) is 45.7 Å². The van der Waals surface area contributed by atoms with Crippen molar-refractivity contribution in [1.82, 2.24) is 20.0 Å². The predicted octanol–water partition coefficient (Wildman–Crippen LogP) is 6.81. The number of hydrogen-bond acceptors (Lipinski definition) is 8. The van der Waals surface area contributed by atoms with Gasteiger partial charge in [0.1, 0.15) is 23.9 Å². The van der Waals surface area contributed by atoms with Gasteiger partial charge in [-0.05, 0) is 36.5 Å². The van der Waals surface area contributed by atoms with E-state index in [9.17, 15) is 29.0 Å². The molecule has 2 heterocycles. The quantitative estimate of drug-likeness (QED) is 0.235. The van der Waals surface area contributed by atoms with Gasteiger partial charge in [-0.15, -0.1) is 5.10 Å². The molecule has 1 saturated carbocycles. The molecule has 2 aromatic carbocycles. The molecule has 13 heteroatoms. The monoisotopic (exact) mass is 603 g/mol. The highest BCUT2D eigenvalue weighted by Gasteiger charge is 2.66. The van der Waals surface area contributed by atoms with Gasteiger partial charge in [0.15, 0.2) is 5.54 Å². The van der Waals surface area contributed by atoms with Gasteiger partial charge in [-0.2, -0.15) is 29.0 Å². The Morgan fingerprint density at radius 3 is 2.35 bits per heavy atom. The van der Waals surface area contributed by atoms with E-state index < -0.39 is 17.8 Å². The largest absolute Gasteiger partial charge is 0.413 e. The number of aromatic nitrogens is 4. The molecule has 0 bridgehead atoms. The van der Waals surface area contributed by atoms with Crippen molar-refractivity contribution in [2.45, 2.75) is 51.4 Å². The van der Waals surface area contributed by atoms with Gasteiger partial charge in [0.25, 0.3) is 0 Å². The number of nitrogens with zero attached hydrogens (tertiary/aromatic N) is 7. The zero-order valence-corrected chi connectivity index (χ0v) is 24.1. The summed E-state index contributed by atoms with van der Waals surface area (Å²) in [6.45, 7) is 6.61. The summed E-state index contributed by atoms with van der Waals surface area (Å²) in [5.41, 5.74) is 0.150. The van der Waals surface area contributed by atoms with Crippen molar-refractivity contribution >= 4 is 33.9 Å². The molecule has 2 aromatic heterocycles. The van der Waals surface area contributed by atoms with Gasteiger partial charge in [0.2, 0.25) is 0 Å². The Hall–Kier alpha value is -4.86. The number of anilines is 2. The Bertz CT molecular complexity index is 1850. The third-order valence-electron chi connectivity index (χ3n) is 7.28. The topological polar surface area (TPSA) is 139 Å². The Morgan fingerprint density at radius 1 is 1.05 bits per heavy atom. The normalized spacial score (nSPS) is 14.8. The Balaban J connectivity index is 1.66. The number of hydrogen-bond donors (Lipinski definition) is 2. The van der Waals surface area contributed by atoms with Crippen molar-refractivity contribution in [1.29, 1.82) is 15.8 Å². The number of pyridine rings is 1. The van der Waals surface area contributed by atoms with Gasteiger partial charge in [-0.25, -0.2) is 4.68 Å². The number of fused-ring (bicyclic) bond motifs is 1. The molecule has 1 fully saturated rings. The lowest BCUT2D eigenvalue weighted by Gasteiger charge is -2.23. The van der Waals surface area contributed by atoms with Crippen LogP contribution in [0.15, 0.2) is 42.7 Å². The molecular weight excluding hydrogens is 579 g/mol. The first-order chi connectivity index (χ1) is 20.3. The molecule has 1 unspecified atom stereocenters. The van der Waals surface area contributed by atoms with Gasteiger partial charge in [-0.1, -0.05) is 49.7 Å². The van der Waals surface area contributed by atoms with Crippen LogP contribution in [0.3, 0.4) is 0 Å². The molecule has 4 aromatic rings. The summed E-state index contributed by atoms with van der Waals surface area (Å²) in [5, 5.41) is 44.5. The standard InChI is InChI=1S/C30H25ClF3N9/c1-28(2,3)16-39-26-19(13-37)14-38-25-18(12-36)9-20(10-22(25)26)40-27(21-6-4-5-17(11-35)24(21)31)23-15-43(42-41-23)29(7-8-29)30(32,33)34/h4-6,9-10,14-15,27,40H,7-8,16H2,1-3H3,(H,38,39). The van der Waals surface area contributed by atoms with Crippen molar-refractivity contribution in [2.75, 3.05) is 17.2 Å². The number of nitriles is 3. The van der Waals surface area contributed by atoms with E-state index in [0.717, 1.165) is 4.68 Å². The van der Waals surface area contributed by atoms with Crippen LogP contribution in [0.1, 0.15) is 67.6 Å². The minimum absolute atomic E-state index is 0.0938. The number of nitrogens with one attached hydrogen (secondary N) is 2. The molecule has 0 aliphatic heterocycles. The highest BCUT2D eigenvalue weighted by Crippen LogP contribution is 2.55. The van der Waals surface area contributed by atoms with Crippen LogP contribution in [-0.2, 0) is 5.54 Å². The fourth-order valence-electron chi connectivity index (χ4n) is 4.82. The molecule has 2 N–H and O–H groups in total. The molecule has 1 aliphatic carbocycles. The lowest BCUT2D eigenvalue weighted by atomic mass is 9.96. The van der Waals surface area contributed by atoms with Crippen LogP contribution in [-0.4, -0.2) is 32.7 Å². The SMILES string of the molecule is CC(C)(C)CNc1c(C#N)cnc2c(C#N)cc(NC(c3cn(C4(C(F)(F)F)CC4)nn3)c3cccc(C#N)c3Cl)cc12. The van der Waals surface area contributed by atoms with Gasteiger partial charge >= 0.3 is 6.18 Å². The molecule has 43 heavy (non-hydrogen) atoms. The van der Waals surface area contributed by atoms with E-state index in [1.165, 1.54) is 18.5 Å². The van der Waals surface area contributed by atoms with Crippen molar-refractivity contribution in [2.24, 2.45) is 5.41 Å². The Morgan fingerprint density at radius 2 is 1.74 bits per heavy atom. The van der Waals surface area contributed by atoms with Crippen LogP contribution in [0.5, 0.6) is 0 Å². The molecule has 0 amide bonds. The lowest BCUT2D eigenvalue weighted by molar-refractivity contribution is -0.182. The molecule has 0 saturated heterocycles. The fourth-order valence-corrected chi connectivity index (χ4v) is 5.09. The Kier molecular flexibility index (Phi) is 7.41. The maximum absolute atomic E-state index is 13.9. The maximum Gasteiger partial charge on any atom is 0.413 e. The van der Waals surface area contributed by atoms with Crippen molar-refractivity contribution in [3.05, 3.63) is 75.7 Å². The maximum atomic E-state index is 13.9. The second-order valence-electron chi connectivity index (χ2n) is 11.6. The molecule has 9 nitrogen and oxygen atoms in total. The molecule has 5 rings (SSSR count). The summed E-state index contributed by atoms with van der Waals surface area (Å²) in [7, 11) is 0. The first-order valence-corrected chi connectivity index (χ1v) is 13.6. The number of rotatable bonds is 7. The third-order valence-corrected chi connectivity index (χ3v) is 7.70. The lowest BCUT2D eigenvalue weighted by Crippen LogP contribution is -2.35. The van der Waals surface area contributed by atoms with Crippen LogP contribution in [0, 0.1) is 39.4 Å². The van der Waals surface area contributed by atoms with Crippen LogP contribution in [0.2, 0.25) is 5.02 Å². The average molecular weight is 604 g/mol. The Labute approximate surface area is 250 Å². The summed E-state index contributed by atoms with van der Waals surface area (Å²) in [6.07, 6.45) is -2.11. The first-order valence-electron chi connectivity index (χ1n) is 13.3. The summed E-state index contributed by atoms with van der Waals surface area (Å²) in [5.74, 6) is 0. The smallest absolute Gasteiger partial charge is 0.383 e. The van der Waals surface area contributed by atoms with Gasteiger partial charge in [0, 0.05) is 29.4 Å². The van der Waals surface area contributed by atoms with E-state index in [0.29, 0.717) is 34.4 Å². The molecular formula is C30H25ClF3N9. The van der Waals surface area contributed by atoms with Crippen molar-refractivity contribution in [3.8, 4) is 18.2 Å². The fraction of sp³-hybridized carbons (Fsp3) is 0.333. The molecule has 1 aliphatic rings. The minimum atomic E-state index is -4.51. The number of benzene rings is 2. The second-order valence-corrected chi connectivity index (χ2v) is 12.0. The summed E-state index contributed by atoms with van der Waals surface area (Å²) in [4.78, 5) is 4.36. The number of alkyl halides is 3. The number of halogens is 4. The van der Waals surface area contributed by atoms with Crippen LogP contribution >= 0.6 is 11.6 Å². The molecule has 0 radical (unpaired) electrons. The summed E-state index contributed by atoms with van der Waals surface area (Å²) >= 11 is 6.60. The molecule has 0 spiro atoms. The van der Waals surface area contributed by atoms with Gasteiger partial charge in [0.05, 0.1) is 45.2 Å². The summed E-state index contributed by atoms with van der Waals surface area (Å²) in [6, 6.07) is 13.3. The second kappa shape index (κ2) is 10.8. The predicted molar refractivity (Wildman–Crippen MR) is 154 cm³/mol. The van der Waals surface area contributed by atoms with E-state index in [4.69, 9.17) is 11.6 Å². The van der Waals surface area contributed by atoms with E-state index >= 15 is 0 Å². The van der Waals surface area contributed by atoms with Gasteiger partial charge < -0.3 is 10.6 Å². The zero-order valence-electron chi connectivity index (χ0n) is 23.4. The third kappa shape index (κ3) is 5.52. The highest BCUT2D eigenvalue weighted by atomic mass is 35.5. The van der Waals surface area contributed by atoms with Crippen LogP contribution in [0.25, 0.3) is 10.9 Å². The van der Waals surface area contributed by atoms with Gasteiger partial charge in [-0.3, -0.25) is 4.98 Å². The van der Waals surface area contributed by atoms with Crippen molar-refractivity contribution < 1.29 is 13.2 Å². The highest BCUT2D eigenvalue weighted by molar-refractivity contribution is 6.32. The van der Waals surface area contributed by atoms with Crippen LogP contribution < -0.4 is 10.6 Å². The first kappa shape index (κ1) is 29.6. The van der Waals surface area contributed by atoms with E-state index in [1.54, 1.807) is 24.3 Å². The molecule has 218 valence electrons. The van der Waals surface area contributed by atoms with Crippen LogP contribution in [0.4, 0.5) is 24.5 Å². The van der Waals surface area contributed by atoms with E-state index in [1.807, 2.05) is 26.8 Å². The van der Waals surface area contributed by atoms with Crippen molar-refractivity contribution in [3.63, 3.8) is 0 Å².